The Morgan fingerprint density at radius 2 is 1.77 bits per heavy atom. The van der Waals surface area contributed by atoms with E-state index in [1.54, 1.807) is 11.0 Å². The van der Waals surface area contributed by atoms with Crippen LogP contribution in [0.25, 0.3) is 5.57 Å². The van der Waals surface area contributed by atoms with E-state index in [9.17, 15) is 27.6 Å². The van der Waals surface area contributed by atoms with Crippen molar-refractivity contribution < 1.29 is 27.2 Å². The predicted molar refractivity (Wildman–Crippen MR) is 140 cm³/mol. The molecule has 2 N–H and O–H groups in total. The molecule has 2 amide bonds. The molecule has 1 aromatic carbocycles. The van der Waals surface area contributed by atoms with Gasteiger partial charge in [-0.15, -0.1) is 0 Å². The minimum Gasteiger partial charge on any atom is -0.367 e. The number of amides is 2. The number of alkyl halides is 3. The predicted octanol–water partition coefficient (Wildman–Crippen LogP) is 3.95. The van der Waals surface area contributed by atoms with Crippen LogP contribution in [0.3, 0.4) is 0 Å². The summed E-state index contributed by atoms with van der Waals surface area (Å²) in [6, 6.07) is 3.25. The largest absolute Gasteiger partial charge is 0.417 e. The first-order valence-corrected chi connectivity index (χ1v) is 12.6. The highest BCUT2D eigenvalue weighted by Crippen LogP contribution is 2.37. The van der Waals surface area contributed by atoms with Crippen LogP contribution in [0.5, 0.6) is 0 Å². The molecule has 4 rings (SSSR count). The lowest BCUT2D eigenvalue weighted by Gasteiger charge is -2.44. The molecule has 1 saturated heterocycles. The number of halogens is 4. The monoisotopic (exact) mass is 549 g/mol. The van der Waals surface area contributed by atoms with Crippen molar-refractivity contribution in [2.24, 2.45) is 0 Å². The van der Waals surface area contributed by atoms with E-state index in [1.807, 2.05) is 25.8 Å². The fourth-order valence-electron chi connectivity index (χ4n) is 5.06. The van der Waals surface area contributed by atoms with Gasteiger partial charge in [0.05, 0.1) is 22.5 Å². The molecule has 210 valence electrons. The van der Waals surface area contributed by atoms with Gasteiger partial charge in [-0.3, -0.25) is 19.3 Å². The van der Waals surface area contributed by atoms with E-state index in [-0.39, 0.29) is 29.2 Å². The summed E-state index contributed by atoms with van der Waals surface area (Å²) in [5.41, 5.74) is -1.79. The molecule has 1 aromatic heterocycles. The summed E-state index contributed by atoms with van der Waals surface area (Å²) in [6.07, 6.45) is -2.09. The quantitative estimate of drug-likeness (QED) is 0.564. The van der Waals surface area contributed by atoms with Crippen LogP contribution in [0.15, 0.2) is 35.3 Å². The lowest BCUT2D eigenvalue weighted by molar-refractivity contribution is -0.138. The molecule has 2 aliphatic heterocycles. The zero-order chi connectivity index (χ0) is 28.6. The Bertz CT molecular complexity index is 1360. The number of pyridine rings is 1. The van der Waals surface area contributed by atoms with Crippen LogP contribution >= 0.6 is 0 Å². The molecule has 0 radical (unpaired) electrons. The third kappa shape index (κ3) is 6.00. The summed E-state index contributed by atoms with van der Waals surface area (Å²) in [4.78, 5) is 44.3. The van der Waals surface area contributed by atoms with Crippen molar-refractivity contribution in [3.05, 3.63) is 63.3 Å². The van der Waals surface area contributed by atoms with Gasteiger partial charge in [0.25, 0.3) is 5.91 Å². The first kappa shape index (κ1) is 28.3. The fraction of sp³-hybridized carbons (Fsp3) is 0.444. The summed E-state index contributed by atoms with van der Waals surface area (Å²) < 4.78 is 56.5. The van der Waals surface area contributed by atoms with E-state index >= 15 is 4.39 Å². The standard InChI is InChI=1S/C27H31F4N5O3/c1-15-13-36(14-16(2)34(15)4)24-11-22(28)19(18-5-7-35(8-6-18)17(3)37)9-23(24)33-26(39)20-12-32-25(38)10-21(20)27(29,30)31/h5,9-12,15-16H,6-8,13-14H2,1-4H3,(H,32,38)(H,33,39)/t15-,16+. The maximum Gasteiger partial charge on any atom is 0.417 e. The molecule has 1 fully saturated rings. The molecule has 0 unspecified atom stereocenters. The third-order valence-electron chi connectivity index (χ3n) is 7.51. The number of piperazine rings is 1. The smallest absolute Gasteiger partial charge is 0.367 e. The Labute approximate surface area is 223 Å². The van der Waals surface area contributed by atoms with E-state index < -0.39 is 34.6 Å². The molecule has 0 saturated carbocycles. The molecule has 8 nitrogen and oxygen atoms in total. The van der Waals surface area contributed by atoms with Gasteiger partial charge in [-0.1, -0.05) is 6.08 Å². The number of aromatic nitrogens is 1. The first-order valence-electron chi connectivity index (χ1n) is 12.6. The molecular weight excluding hydrogens is 518 g/mol. The van der Waals surface area contributed by atoms with E-state index in [2.05, 4.69) is 15.2 Å². The van der Waals surface area contributed by atoms with Gasteiger partial charge < -0.3 is 20.1 Å². The normalized spacial score (nSPS) is 20.6. The highest BCUT2D eigenvalue weighted by molar-refractivity contribution is 6.07. The number of aromatic amines is 1. The fourth-order valence-corrected chi connectivity index (χ4v) is 5.06. The summed E-state index contributed by atoms with van der Waals surface area (Å²) in [7, 11) is 1.98. The van der Waals surface area contributed by atoms with Gasteiger partial charge in [-0.25, -0.2) is 4.39 Å². The number of carbonyl (C=O) groups is 2. The molecule has 0 spiro atoms. The van der Waals surface area contributed by atoms with Gasteiger partial charge in [0.15, 0.2) is 0 Å². The van der Waals surface area contributed by atoms with Crippen LogP contribution in [0, 0.1) is 5.82 Å². The Morgan fingerprint density at radius 1 is 1.10 bits per heavy atom. The minimum atomic E-state index is -4.93. The number of nitrogens with zero attached hydrogens (tertiary/aromatic N) is 3. The van der Waals surface area contributed by atoms with Gasteiger partial charge in [0.1, 0.15) is 5.82 Å². The Morgan fingerprint density at radius 3 is 2.33 bits per heavy atom. The second-order valence-electron chi connectivity index (χ2n) is 10.1. The Hall–Kier alpha value is -3.67. The maximum absolute atomic E-state index is 15.6. The van der Waals surface area contributed by atoms with Crippen LogP contribution in [-0.2, 0) is 11.0 Å². The molecule has 39 heavy (non-hydrogen) atoms. The zero-order valence-corrected chi connectivity index (χ0v) is 22.2. The number of likely N-dealkylation sites (N-methyl/N-ethyl adjacent to an activating group) is 1. The topological polar surface area (TPSA) is 88.8 Å². The highest BCUT2D eigenvalue weighted by atomic mass is 19.4. The van der Waals surface area contributed by atoms with Gasteiger partial charge in [0.2, 0.25) is 11.5 Å². The number of H-pyrrole nitrogens is 1. The molecule has 0 bridgehead atoms. The molecule has 2 atom stereocenters. The van der Waals surface area contributed by atoms with Gasteiger partial charge in [-0.2, -0.15) is 13.2 Å². The summed E-state index contributed by atoms with van der Waals surface area (Å²) in [5, 5.41) is 2.56. The van der Waals surface area contributed by atoms with Crippen LogP contribution in [-0.4, -0.2) is 71.9 Å². The molecule has 2 aromatic rings. The second kappa shape index (κ2) is 10.8. The van der Waals surface area contributed by atoms with Crippen LogP contribution in [0.4, 0.5) is 28.9 Å². The van der Waals surface area contributed by atoms with E-state index in [0.29, 0.717) is 49.9 Å². The number of hydrogen-bond donors (Lipinski definition) is 2. The average Bonchev–Trinajstić information content (AvgIpc) is 2.87. The van der Waals surface area contributed by atoms with Crippen molar-refractivity contribution in [2.75, 3.05) is 43.4 Å². The van der Waals surface area contributed by atoms with Crippen molar-refractivity contribution in [1.82, 2.24) is 14.8 Å². The number of carbonyl (C=O) groups excluding carboxylic acids is 2. The SMILES string of the molecule is CC(=O)N1CC=C(c2cc(NC(=O)c3c[nH]c(=O)cc3C(F)(F)F)c(N3C[C@@H](C)N(C)[C@@H](C)C3)cc2F)CC1. The third-order valence-corrected chi connectivity index (χ3v) is 7.51. The molecule has 0 aliphatic carbocycles. The second-order valence-corrected chi connectivity index (χ2v) is 10.1. The number of hydrogen-bond acceptors (Lipinski definition) is 5. The van der Waals surface area contributed by atoms with E-state index in [1.165, 1.54) is 19.1 Å². The van der Waals surface area contributed by atoms with Crippen molar-refractivity contribution >= 4 is 28.8 Å². The average molecular weight is 550 g/mol. The van der Waals surface area contributed by atoms with Crippen LogP contribution in [0.2, 0.25) is 0 Å². The molecule has 12 heteroatoms. The zero-order valence-electron chi connectivity index (χ0n) is 22.2. The maximum atomic E-state index is 15.6. The molecular formula is C27H31F4N5O3. The van der Waals surface area contributed by atoms with Gasteiger partial charge in [-0.05, 0) is 45.0 Å². The van der Waals surface area contributed by atoms with Gasteiger partial charge >= 0.3 is 6.18 Å². The molecule has 2 aliphatic rings. The van der Waals surface area contributed by atoms with E-state index in [4.69, 9.17) is 0 Å². The van der Waals surface area contributed by atoms with Gasteiger partial charge in [0, 0.05) is 63.0 Å². The first-order chi connectivity index (χ1) is 18.3. The number of nitrogens with one attached hydrogen (secondary N) is 2. The van der Waals surface area contributed by atoms with Crippen LogP contribution < -0.4 is 15.8 Å². The number of benzene rings is 1. The van der Waals surface area contributed by atoms with Crippen molar-refractivity contribution in [3.63, 3.8) is 0 Å². The van der Waals surface area contributed by atoms with Crippen molar-refractivity contribution in [2.45, 2.75) is 45.5 Å². The lowest BCUT2D eigenvalue weighted by atomic mass is 9.96. The molecule has 3 heterocycles. The van der Waals surface area contributed by atoms with Crippen molar-refractivity contribution in [3.8, 4) is 0 Å². The Kier molecular flexibility index (Phi) is 7.87. The minimum absolute atomic E-state index is 0.0923. The Balaban J connectivity index is 1.77. The summed E-state index contributed by atoms with van der Waals surface area (Å²) in [5.74, 6) is -1.73. The van der Waals surface area contributed by atoms with E-state index in [0.717, 1.165) is 6.20 Å². The number of anilines is 2. The van der Waals surface area contributed by atoms with Crippen molar-refractivity contribution in [1.29, 1.82) is 0 Å². The lowest BCUT2D eigenvalue weighted by Crippen LogP contribution is -2.55. The summed E-state index contributed by atoms with van der Waals surface area (Å²) in [6.45, 7) is 7.17. The summed E-state index contributed by atoms with van der Waals surface area (Å²) >= 11 is 0. The highest BCUT2D eigenvalue weighted by Gasteiger charge is 2.36. The number of rotatable bonds is 4. The van der Waals surface area contributed by atoms with Crippen LogP contribution in [0.1, 0.15) is 48.7 Å².